The lowest BCUT2D eigenvalue weighted by molar-refractivity contribution is -0.227. The Kier molecular flexibility index (Phi) is 14.7. The first-order valence-corrected chi connectivity index (χ1v) is 8.35. The topological polar surface area (TPSA) is 117 Å². The van der Waals surface area contributed by atoms with Crippen molar-refractivity contribution in [2.45, 2.75) is 33.6 Å². The van der Waals surface area contributed by atoms with Crippen molar-refractivity contribution in [2.75, 3.05) is 26.5 Å². The van der Waals surface area contributed by atoms with Gasteiger partial charge in [0.25, 0.3) is 0 Å². The molecule has 0 aliphatic rings. The largest absolute Gasteiger partial charge is 0.465 e. The summed E-state index contributed by atoms with van der Waals surface area (Å²) < 4.78 is 19.6. The Morgan fingerprint density at radius 3 is 2.15 bits per heavy atom. The molecule has 0 aromatic heterocycles. The molecule has 0 saturated carbocycles. The predicted octanol–water partition coefficient (Wildman–Crippen LogP) is 1.63. The van der Waals surface area contributed by atoms with Gasteiger partial charge < -0.3 is 14.5 Å². The monoisotopic (exact) mass is 315 g/mol. The van der Waals surface area contributed by atoms with E-state index in [-0.39, 0.29) is 25.7 Å². The third kappa shape index (κ3) is 19.8. The summed E-state index contributed by atoms with van der Waals surface area (Å²) in [4.78, 5) is 28.1. The lowest BCUT2D eigenvalue weighted by atomic mass is 10.2. The van der Waals surface area contributed by atoms with Crippen LogP contribution in [0.5, 0.6) is 0 Å². The number of esters is 1. The van der Waals surface area contributed by atoms with Gasteiger partial charge in [-0.05, 0) is 0 Å². The molecule has 0 amide bonds. The molecule has 9 heteroatoms. The second-order valence-electron chi connectivity index (χ2n) is 4.16. The van der Waals surface area contributed by atoms with Gasteiger partial charge in [0.1, 0.15) is 0 Å². The third-order valence-electron chi connectivity index (χ3n) is 1.85. The highest BCUT2D eigenvalue weighted by Gasteiger charge is 2.16. The average Bonchev–Trinajstić information content (AvgIpc) is 2.34. The van der Waals surface area contributed by atoms with Crippen LogP contribution < -0.4 is 5.90 Å². The maximum atomic E-state index is 10.7. The van der Waals surface area contributed by atoms with Crippen LogP contribution in [0.3, 0.4) is 0 Å². The molecular weight excluding hydrogens is 289 g/mol. The fraction of sp³-hybridized carbons (Fsp3) is 0.909. The van der Waals surface area contributed by atoms with E-state index in [9.17, 15) is 9.36 Å². The summed E-state index contributed by atoms with van der Waals surface area (Å²) in [6, 6.07) is 0. The zero-order chi connectivity index (χ0) is 16.0. The minimum Gasteiger partial charge on any atom is -0.465 e. The second kappa shape index (κ2) is 13.5. The highest BCUT2D eigenvalue weighted by atomic mass is 31.2. The summed E-state index contributed by atoms with van der Waals surface area (Å²) in [6.45, 7) is 6.60. The molecule has 0 aliphatic carbocycles. The molecule has 20 heavy (non-hydrogen) atoms. The van der Waals surface area contributed by atoms with Gasteiger partial charge in [-0.3, -0.25) is 9.36 Å². The SMILES string of the molecule is CC(=O)OCC(CON)COOP(C)(=O)O.CCCC. The average molecular weight is 315 g/mol. The van der Waals surface area contributed by atoms with E-state index >= 15 is 0 Å². The van der Waals surface area contributed by atoms with E-state index in [2.05, 4.69) is 28.2 Å². The maximum absolute atomic E-state index is 10.7. The van der Waals surface area contributed by atoms with Crippen molar-refractivity contribution >= 4 is 13.6 Å². The van der Waals surface area contributed by atoms with Crippen molar-refractivity contribution in [1.29, 1.82) is 0 Å². The van der Waals surface area contributed by atoms with Crippen LogP contribution >= 0.6 is 7.60 Å². The number of rotatable bonds is 9. The van der Waals surface area contributed by atoms with Crippen molar-refractivity contribution in [2.24, 2.45) is 11.8 Å². The summed E-state index contributed by atoms with van der Waals surface area (Å²) in [6.07, 6.45) is 2.64. The highest BCUT2D eigenvalue weighted by molar-refractivity contribution is 7.51. The van der Waals surface area contributed by atoms with Crippen LogP contribution in [0.25, 0.3) is 0 Å². The zero-order valence-electron chi connectivity index (χ0n) is 12.5. The van der Waals surface area contributed by atoms with Crippen molar-refractivity contribution in [3.05, 3.63) is 0 Å². The van der Waals surface area contributed by atoms with Crippen LogP contribution in [0.4, 0.5) is 0 Å². The number of carbonyl (C=O) groups excluding carboxylic acids is 1. The lowest BCUT2D eigenvalue weighted by Gasteiger charge is -2.15. The molecule has 2 unspecified atom stereocenters. The quantitative estimate of drug-likeness (QED) is 0.285. The van der Waals surface area contributed by atoms with Gasteiger partial charge in [-0.1, -0.05) is 26.7 Å². The van der Waals surface area contributed by atoms with Crippen LogP contribution in [-0.4, -0.2) is 37.3 Å². The Morgan fingerprint density at radius 2 is 1.80 bits per heavy atom. The molecule has 0 radical (unpaired) electrons. The van der Waals surface area contributed by atoms with Crippen LogP contribution in [0.2, 0.25) is 0 Å². The summed E-state index contributed by atoms with van der Waals surface area (Å²) in [5.74, 6) is 4.03. The molecule has 8 nitrogen and oxygen atoms in total. The minimum absolute atomic E-state index is 0.0232. The molecular formula is C11H26NO7P. The zero-order valence-corrected chi connectivity index (χ0v) is 13.4. The van der Waals surface area contributed by atoms with Crippen LogP contribution in [0.15, 0.2) is 0 Å². The number of unbranched alkanes of at least 4 members (excludes halogenated alkanes) is 1. The van der Waals surface area contributed by atoms with Gasteiger partial charge in [0.2, 0.25) is 0 Å². The van der Waals surface area contributed by atoms with Gasteiger partial charge in [0, 0.05) is 19.5 Å². The standard InChI is InChI=1S/C7H16NO7P.C4H10/c1-6(9)12-3-7(4-13-8)5-14-15-16(2,10)11;1-3-4-2/h7H,3-5,8H2,1-2H3,(H,10,11);3-4H2,1-2H3. The summed E-state index contributed by atoms with van der Waals surface area (Å²) in [5.41, 5.74) is 0. The van der Waals surface area contributed by atoms with Crippen molar-refractivity contribution in [3.63, 3.8) is 0 Å². The van der Waals surface area contributed by atoms with Crippen LogP contribution in [0.1, 0.15) is 33.6 Å². The molecule has 0 aliphatic heterocycles. The van der Waals surface area contributed by atoms with Crippen molar-refractivity contribution < 1.29 is 33.4 Å². The van der Waals surface area contributed by atoms with Crippen LogP contribution in [-0.2, 0) is 28.5 Å². The summed E-state index contributed by atoms with van der Waals surface area (Å²) in [7, 11) is -3.68. The van der Waals surface area contributed by atoms with Gasteiger partial charge in [0.05, 0.1) is 19.8 Å². The molecule has 3 N–H and O–H groups in total. The van der Waals surface area contributed by atoms with Gasteiger partial charge in [-0.15, -0.1) is 4.67 Å². The number of ether oxygens (including phenoxy) is 1. The van der Waals surface area contributed by atoms with E-state index in [1.54, 1.807) is 0 Å². The molecule has 2 atom stereocenters. The Morgan fingerprint density at radius 1 is 1.25 bits per heavy atom. The molecule has 0 rings (SSSR count). The number of hydrogen-bond acceptors (Lipinski definition) is 7. The fourth-order valence-corrected chi connectivity index (χ4v) is 0.997. The van der Waals surface area contributed by atoms with E-state index in [0.717, 1.165) is 6.66 Å². The number of carbonyl (C=O) groups is 1. The van der Waals surface area contributed by atoms with E-state index in [1.165, 1.54) is 19.8 Å². The molecule has 0 bridgehead atoms. The predicted molar refractivity (Wildman–Crippen MR) is 73.6 cm³/mol. The Labute approximate surface area is 119 Å². The van der Waals surface area contributed by atoms with Gasteiger partial charge in [-0.2, -0.15) is 0 Å². The number of nitrogens with two attached hydrogens (primary N) is 1. The molecule has 0 aromatic rings. The molecule has 0 fully saturated rings. The normalized spacial score (nSPS) is 14.7. The third-order valence-corrected chi connectivity index (χ3v) is 2.23. The van der Waals surface area contributed by atoms with E-state index in [4.69, 9.17) is 15.5 Å². The first-order chi connectivity index (χ1) is 9.26. The van der Waals surface area contributed by atoms with Crippen molar-refractivity contribution in [3.8, 4) is 0 Å². The highest BCUT2D eigenvalue weighted by Crippen LogP contribution is 2.36. The first-order valence-electron chi connectivity index (χ1n) is 6.33. The summed E-state index contributed by atoms with van der Waals surface area (Å²) in [5, 5.41) is 0. The summed E-state index contributed by atoms with van der Waals surface area (Å²) >= 11 is 0. The van der Waals surface area contributed by atoms with Gasteiger partial charge in [0.15, 0.2) is 0 Å². The van der Waals surface area contributed by atoms with E-state index in [1.807, 2.05) is 0 Å². The fourth-order valence-electron chi connectivity index (χ4n) is 0.740. The van der Waals surface area contributed by atoms with Crippen molar-refractivity contribution in [1.82, 2.24) is 0 Å². The Bertz CT molecular complexity index is 280. The van der Waals surface area contributed by atoms with E-state index < -0.39 is 13.6 Å². The maximum Gasteiger partial charge on any atom is 0.352 e. The molecule has 122 valence electrons. The first kappa shape index (κ1) is 21.8. The lowest BCUT2D eigenvalue weighted by Crippen LogP contribution is -2.24. The minimum atomic E-state index is -3.68. The Balaban J connectivity index is 0. The molecule has 0 aromatic carbocycles. The Hall–Kier alpha value is -0.500. The molecule has 0 spiro atoms. The van der Waals surface area contributed by atoms with Gasteiger partial charge in [-0.25, -0.2) is 10.8 Å². The second-order valence-corrected chi connectivity index (χ2v) is 5.92. The molecule has 0 saturated heterocycles. The molecule has 0 heterocycles. The number of hydrogen-bond donors (Lipinski definition) is 2. The van der Waals surface area contributed by atoms with Gasteiger partial charge >= 0.3 is 13.6 Å². The smallest absolute Gasteiger partial charge is 0.352 e. The van der Waals surface area contributed by atoms with E-state index in [0.29, 0.717) is 0 Å². The van der Waals surface area contributed by atoms with Crippen LogP contribution in [0, 0.1) is 5.92 Å².